The number of likely N-dealkylation sites (tertiary alicyclic amines) is 1. The summed E-state index contributed by atoms with van der Waals surface area (Å²) in [4.78, 5) is 22.0. The Bertz CT molecular complexity index is 701. The second kappa shape index (κ2) is 3.82. The first-order valence-electron chi connectivity index (χ1n) is 7.12. The molecule has 0 radical (unpaired) electrons. The quantitative estimate of drug-likeness (QED) is 0.876. The molecule has 1 unspecified atom stereocenters. The van der Waals surface area contributed by atoms with Crippen LogP contribution in [0.25, 0.3) is 11.0 Å². The van der Waals surface area contributed by atoms with Crippen molar-refractivity contribution >= 4 is 16.9 Å². The van der Waals surface area contributed by atoms with Crippen LogP contribution in [0.1, 0.15) is 47.9 Å². The number of aromatic nitrogens is 2. The first kappa shape index (κ1) is 11.9. The Hall–Kier alpha value is -1.88. The molecule has 1 aliphatic carbocycles. The van der Waals surface area contributed by atoms with Crippen molar-refractivity contribution in [3.63, 3.8) is 0 Å². The maximum absolute atomic E-state index is 11.5. The van der Waals surface area contributed by atoms with Crippen LogP contribution in [0.5, 0.6) is 0 Å². The molecule has 1 saturated carbocycles. The SMILES string of the molecule is CN1C(c2nc3c(C(N)=O)cccc3[nH]2)CCC12CC2. The molecular formula is C15H18N4O. The van der Waals surface area contributed by atoms with E-state index in [1.54, 1.807) is 6.07 Å². The third-order valence-corrected chi connectivity index (χ3v) is 5.04. The number of hydrogen-bond donors (Lipinski definition) is 2. The summed E-state index contributed by atoms with van der Waals surface area (Å²) in [6.45, 7) is 0. The number of rotatable bonds is 2. The minimum absolute atomic E-state index is 0.325. The van der Waals surface area contributed by atoms with Gasteiger partial charge in [0.15, 0.2) is 0 Å². The van der Waals surface area contributed by atoms with E-state index in [1.165, 1.54) is 19.3 Å². The lowest BCUT2D eigenvalue weighted by molar-refractivity contribution is 0.100. The highest BCUT2D eigenvalue weighted by atomic mass is 16.1. The number of benzene rings is 1. The molecule has 3 N–H and O–H groups in total. The lowest BCUT2D eigenvalue weighted by Crippen LogP contribution is -2.29. The number of carbonyl (C=O) groups is 1. The molecule has 5 heteroatoms. The number of nitrogens with two attached hydrogens (primary N) is 1. The van der Waals surface area contributed by atoms with E-state index < -0.39 is 5.91 Å². The summed E-state index contributed by atoms with van der Waals surface area (Å²) in [6, 6.07) is 5.84. The van der Waals surface area contributed by atoms with Crippen molar-refractivity contribution in [3.05, 3.63) is 29.6 Å². The first-order chi connectivity index (χ1) is 9.61. The van der Waals surface area contributed by atoms with E-state index in [1.807, 2.05) is 12.1 Å². The highest BCUT2D eigenvalue weighted by Gasteiger charge is 2.53. The molecule has 2 fully saturated rings. The number of nitrogens with zero attached hydrogens (tertiary/aromatic N) is 2. The molecule has 1 aliphatic heterocycles. The number of primary amides is 1. The van der Waals surface area contributed by atoms with Gasteiger partial charge in [-0.25, -0.2) is 4.98 Å². The zero-order chi connectivity index (χ0) is 13.9. The Balaban J connectivity index is 1.78. The Kier molecular flexibility index (Phi) is 2.27. The predicted molar refractivity (Wildman–Crippen MR) is 76.3 cm³/mol. The van der Waals surface area contributed by atoms with Gasteiger partial charge in [0.25, 0.3) is 5.91 Å². The van der Waals surface area contributed by atoms with Gasteiger partial charge in [0, 0.05) is 5.54 Å². The summed E-state index contributed by atoms with van der Waals surface area (Å²) < 4.78 is 0. The second-order valence-corrected chi connectivity index (χ2v) is 6.08. The number of aromatic amines is 1. The van der Waals surface area contributed by atoms with E-state index in [-0.39, 0.29) is 0 Å². The van der Waals surface area contributed by atoms with Crippen molar-refractivity contribution in [2.45, 2.75) is 37.3 Å². The summed E-state index contributed by atoms with van der Waals surface area (Å²) in [5, 5.41) is 0. The van der Waals surface area contributed by atoms with Crippen LogP contribution in [-0.4, -0.2) is 33.4 Å². The molecule has 104 valence electrons. The Labute approximate surface area is 117 Å². The Morgan fingerprint density at radius 1 is 1.45 bits per heavy atom. The average molecular weight is 270 g/mol. The molecule has 2 aromatic rings. The van der Waals surface area contributed by atoms with E-state index in [0.29, 0.717) is 22.7 Å². The van der Waals surface area contributed by atoms with Gasteiger partial charge in [0.2, 0.25) is 0 Å². The molecule has 1 saturated heterocycles. The molecule has 1 aromatic carbocycles. The van der Waals surface area contributed by atoms with Gasteiger partial charge in [-0.05, 0) is 44.9 Å². The van der Waals surface area contributed by atoms with Gasteiger partial charge < -0.3 is 10.7 Å². The van der Waals surface area contributed by atoms with Gasteiger partial charge in [-0.2, -0.15) is 0 Å². The number of imidazole rings is 1. The molecule has 20 heavy (non-hydrogen) atoms. The van der Waals surface area contributed by atoms with E-state index >= 15 is 0 Å². The third kappa shape index (κ3) is 1.53. The standard InChI is InChI=1S/C15H18N4O/c1-19-11(5-6-15(19)7-8-15)14-17-10-4-2-3-9(13(16)20)12(10)18-14/h2-4,11H,5-8H2,1H3,(H2,16,20)(H,17,18). The summed E-state index contributed by atoms with van der Waals surface area (Å²) in [5.41, 5.74) is 7.92. The van der Waals surface area contributed by atoms with Crippen LogP contribution in [0.2, 0.25) is 0 Å². The fourth-order valence-corrected chi connectivity index (χ4v) is 3.58. The van der Waals surface area contributed by atoms with Crippen LogP contribution in [0.3, 0.4) is 0 Å². The van der Waals surface area contributed by atoms with Crippen molar-refractivity contribution in [2.75, 3.05) is 7.05 Å². The maximum atomic E-state index is 11.5. The van der Waals surface area contributed by atoms with Gasteiger partial charge in [0.05, 0.1) is 17.1 Å². The minimum Gasteiger partial charge on any atom is -0.366 e. The van der Waals surface area contributed by atoms with Gasteiger partial charge in [0.1, 0.15) is 11.3 Å². The minimum atomic E-state index is -0.424. The van der Waals surface area contributed by atoms with Crippen molar-refractivity contribution < 1.29 is 4.79 Å². The summed E-state index contributed by atoms with van der Waals surface area (Å²) in [6.07, 6.45) is 4.97. The third-order valence-electron chi connectivity index (χ3n) is 5.04. The average Bonchev–Trinajstić information content (AvgIpc) is 2.97. The predicted octanol–water partition coefficient (Wildman–Crippen LogP) is 1.96. The topological polar surface area (TPSA) is 75.0 Å². The summed E-state index contributed by atoms with van der Waals surface area (Å²) in [5.74, 6) is 0.534. The Morgan fingerprint density at radius 2 is 2.25 bits per heavy atom. The van der Waals surface area contributed by atoms with Crippen molar-refractivity contribution in [2.24, 2.45) is 5.73 Å². The largest absolute Gasteiger partial charge is 0.366 e. The number of hydrogen-bond acceptors (Lipinski definition) is 3. The van der Waals surface area contributed by atoms with Gasteiger partial charge in [-0.3, -0.25) is 9.69 Å². The molecule has 1 atom stereocenters. The maximum Gasteiger partial charge on any atom is 0.250 e. The summed E-state index contributed by atoms with van der Waals surface area (Å²) in [7, 11) is 2.19. The van der Waals surface area contributed by atoms with Crippen LogP contribution >= 0.6 is 0 Å². The van der Waals surface area contributed by atoms with Crippen LogP contribution in [0.4, 0.5) is 0 Å². The number of carbonyl (C=O) groups excluding carboxylic acids is 1. The van der Waals surface area contributed by atoms with E-state index in [2.05, 4.69) is 21.9 Å². The summed E-state index contributed by atoms with van der Waals surface area (Å²) >= 11 is 0. The first-order valence-corrected chi connectivity index (χ1v) is 7.12. The number of amides is 1. The molecule has 2 heterocycles. The molecular weight excluding hydrogens is 252 g/mol. The highest BCUT2D eigenvalue weighted by Crippen LogP contribution is 2.54. The van der Waals surface area contributed by atoms with Gasteiger partial charge in [-0.15, -0.1) is 0 Å². The molecule has 1 aromatic heterocycles. The molecule has 4 rings (SSSR count). The number of fused-ring (bicyclic) bond motifs is 1. The smallest absolute Gasteiger partial charge is 0.250 e. The zero-order valence-electron chi connectivity index (χ0n) is 11.5. The molecule has 2 aliphatic rings. The molecule has 1 amide bonds. The van der Waals surface area contributed by atoms with Crippen molar-refractivity contribution in [3.8, 4) is 0 Å². The fraction of sp³-hybridized carbons (Fsp3) is 0.467. The normalized spacial score (nSPS) is 24.6. The Morgan fingerprint density at radius 3 is 2.90 bits per heavy atom. The lowest BCUT2D eigenvalue weighted by Gasteiger charge is -2.23. The number of para-hydroxylation sites is 1. The van der Waals surface area contributed by atoms with E-state index in [4.69, 9.17) is 5.73 Å². The number of H-pyrrole nitrogens is 1. The van der Waals surface area contributed by atoms with Crippen LogP contribution in [0, 0.1) is 0 Å². The van der Waals surface area contributed by atoms with Crippen LogP contribution in [-0.2, 0) is 0 Å². The van der Waals surface area contributed by atoms with Crippen molar-refractivity contribution in [1.29, 1.82) is 0 Å². The van der Waals surface area contributed by atoms with Crippen molar-refractivity contribution in [1.82, 2.24) is 14.9 Å². The van der Waals surface area contributed by atoms with Gasteiger partial charge in [-0.1, -0.05) is 6.07 Å². The zero-order valence-corrected chi connectivity index (χ0v) is 11.5. The monoisotopic (exact) mass is 270 g/mol. The van der Waals surface area contributed by atoms with Gasteiger partial charge >= 0.3 is 0 Å². The van der Waals surface area contributed by atoms with E-state index in [9.17, 15) is 4.79 Å². The molecule has 1 spiro atoms. The van der Waals surface area contributed by atoms with E-state index in [0.717, 1.165) is 17.8 Å². The lowest BCUT2D eigenvalue weighted by atomic mass is 10.2. The molecule has 0 bridgehead atoms. The highest BCUT2D eigenvalue weighted by molar-refractivity contribution is 6.04. The fourth-order valence-electron chi connectivity index (χ4n) is 3.58. The molecule has 5 nitrogen and oxygen atoms in total. The van der Waals surface area contributed by atoms with Crippen LogP contribution < -0.4 is 5.73 Å². The number of nitrogens with one attached hydrogen (secondary N) is 1. The second-order valence-electron chi connectivity index (χ2n) is 6.08. The van der Waals surface area contributed by atoms with Crippen LogP contribution in [0.15, 0.2) is 18.2 Å².